The molecule has 0 spiro atoms. The van der Waals surface area contributed by atoms with Gasteiger partial charge in [-0.1, -0.05) is 29.3 Å². The van der Waals surface area contributed by atoms with Crippen LogP contribution in [0.15, 0.2) is 18.2 Å². The van der Waals surface area contributed by atoms with Crippen molar-refractivity contribution in [1.82, 2.24) is 10.2 Å². The molecule has 0 saturated carbocycles. The topological polar surface area (TPSA) is 32.3 Å². The van der Waals surface area contributed by atoms with E-state index in [-0.39, 0.29) is 5.91 Å². The molecule has 0 heterocycles. The van der Waals surface area contributed by atoms with E-state index in [1.165, 1.54) is 0 Å². The number of nitrogens with one attached hydrogen (secondary N) is 1. The minimum atomic E-state index is 0.00662. The van der Waals surface area contributed by atoms with E-state index in [2.05, 4.69) is 10.2 Å². The number of hydrogen-bond acceptors (Lipinski definition) is 2. The van der Waals surface area contributed by atoms with Gasteiger partial charge in [-0.25, -0.2) is 0 Å². The maximum Gasteiger partial charge on any atom is 0.224 e. The van der Waals surface area contributed by atoms with Crippen molar-refractivity contribution in [1.29, 1.82) is 0 Å². The summed E-state index contributed by atoms with van der Waals surface area (Å²) in [4.78, 5) is 13.7. The Labute approximate surface area is 118 Å². The van der Waals surface area contributed by atoms with Crippen molar-refractivity contribution in [3.05, 3.63) is 33.8 Å². The van der Waals surface area contributed by atoms with Crippen LogP contribution in [0.3, 0.4) is 0 Å². The van der Waals surface area contributed by atoms with Crippen LogP contribution in [-0.2, 0) is 11.2 Å². The summed E-state index contributed by atoms with van der Waals surface area (Å²) >= 11 is 11.7. The first-order valence-corrected chi connectivity index (χ1v) is 6.60. The Bertz CT molecular complexity index is 408. The highest BCUT2D eigenvalue weighted by molar-refractivity contribution is 6.42. The number of benzene rings is 1. The highest BCUT2D eigenvalue weighted by atomic mass is 35.5. The molecule has 0 fully saturated rings. The Morgan fingerprint density at radius 2 is 2.00 bits per heavy atom. The van der Waals surface area contributed by atoms with Gasteiger partial charge in [0, 0.05) is 6.54 Å². The predicted molar refractivity (Wildman–Crippen MR) is 76.3 cm³/mol. The molecule has 3 nitrogen and oxygen atoms in total. The summed E-state index contributed by atoms with van der Waals surface area (Å²) in [5, 5.41) is 3.87. The van der Waals surface area contributed by atoms with Crippen molar-refractivity contribution in [2.45, 2.75) is 12.8 Å². The second-order valence-electron chi connectivity index (χ2n) is 4.43. The SMILES string of the molecule is CN(C)CCCNC(=O)Cc1ccc(Cl)c(Cl)c1. The van der Waals surface area contributed by atoms with Crippen molar-refractivity contribution in [2.24, 2.45) is 0 Å². The molecule has 1 rings (SSSR count). The average Bonchev–Trinajstić information content (AvgIpc) is 2.29. The van der Waals surface area contributed by atoms with Crippen LogP contribution in [0.4, 0.5) is 0 Å². The molecule has 0 aliphatic heterocycles. The Kier molecular flexibility index (Phi) is 6.47. The van der Waals surface area contributed by atoms with Crippen LogP contribution in [0.1, 0.15) is 12.0 Å². The van der Waals surface area contributed by atoms with Crippen LogP contribution in [0.25, 0.3) is 0 Å². The van der Waals surface area contributed by atoms with E-state index in [1.807, 2.05) is 20.2 Å². The standard InChI is InChI=1S/C13H18Cl2N2O/c1-17(2)7-3-6-16-13(18)9-10-4-5-11(14)12(15)8-10/h4-5,8H,3,6-7,9H2,1-2H3,(H,16,18). The first-order valence-electron chi connectivity index (χ1n) is 5.84. The minimum absolute atomic E-state index is 0.00662. The van der Waals surface area contributed by atoms with Crippen LogP contribution >= 0.6 is 23.2 Å². The third kappa shape index (κ3) is 5.71. The molecule has 18 heavy (non-hydrogen) atoms. The molecule has 1 aromatic rings. The monoisotopic (exact) mass is 288 g/mol. The summed E-state index contributed by atoms with van der Waals surface area (Å²) in [6.45, 7) is 1.66. The molecule has 1 N–H and O–H groups in total. The van der Waals surface area contributed by atoms with Crippen molar-refractivity contribution in [2.75, 3.05) is 27.2 Å². The second kappa shape index (κ2) is 7.62. The molecular weight excluding hydrogens is 271 g/mol. The fourth-order valence-corrected chi connectivity index (χ4v) is 1.84. The van der Waals surface area contributed by atoms with Gasteiger partial charge >= 0.3 is 0 Å². The minimum Gasteiger partial charge on any atom is -0.356 e. The molecule has 0 bridgehead atoms. The summed E-state index contributed by atoms with van der Waals surface area (Å²) in [5.41, 5.74) is 0.870. The highest BCUT2D eigenvalue weighted by Gasteiger charge is 2.05. The van der Waals surface area contributed by atoms with Crippen LogP contribution in [-0.4, -0.2) is 38.0 Å². The number of rotatable bonds is 6. The Hall–Kier alpha value is -0.770. The normalized spacial score (nSPS) is 10.7. The predicted octanol–water partition coefficient (Wildman–Crippen LogP) is 2.60. The molecule has 0 aliphatic rings. The van der Waals surface area contributed by atoms with E-state index >= 15 is 0 Å². The molecule has 0 saturated heterocycles. The largest absolute Gasteiger partial charge is 0.356 e. The molecule has 0 aliphatic carbocycles. The van der Waals surface area contributed by atoms with Gasteiger partial charge in [0.15, 0.2) is 0 Å². The van der Waals surface area contributed by atoms with E-state index in [0.29, 0.717) is 23.0 Å². The van der Waals surface area contributed by atoms with Gasteiger partial charge in [-0.2, -0.15) is 0 Å². The molecule has 5 heteroatoms. The van der Waals surface area contributed by atoms with E-state index in [9.17, 15) is 4.79 Å². The molecule has 1 aromatic carbocycles. The number of nitrogens with zero attached hydrogens (tertiary/aromatic N) is 1. The van der Waals surface area contributed by atoms with Gasteiger partial charge < -0.3 is 10.2 Å². The molecule has 0 radical (unpaired) electrons. The van der Waals surface area contributed by atoms with Crippen LogP contribution < -0.4 is 5.32 Å². The van der Waals surface area contributed by atoms with Crippen LogP contribution in [0.5, 0.6) is 0 Å². The van der Waals surface area contributed by atoms with Gasteiger partial charge in [0.05, 0.1) is 16.5 Å². The molecule has 0 unspecified atom stereocenters. The second-order valence-corrected chi connectivity index (χ2v) is 5.25. The summed E-state index contributed by atoms with van der Waals surface area (Å²) in [5.74, 6) is 0.00662. The maximum atomic E-state index is 11.7. The van der Waals surface area contributed by atoms with Gasteiger partial charge in [0.25, 0.3) is 0 Å². The number of halogens is 2. The summed E-state index contributed by atoms with van der Waals surface area (Å²) in [7, 11) is 4.02. The van der Waals surface area contributed by atoms with Crippen molar-refractivity contribution in [3.8, 4) is 0 Å². The van der Waals surface area contributed by atoms with E-state index in [4.69, 9.17) is 23.2 Å². The van der Waals surface area contributed by atoms with E-state index in [1.54, 1.807) is 12.1 Å². The summed E-state index contributed by atoms with van der Waals surface area (Å²) in [6.07, 6.45) is 1.28. The highest BCUT2D eigenvalue weighted by Crippen LogP contribution is 2.22. The van der Waals surface area contributed by atoms with E-state index in [0.717, 1.165) is 18.5 Å². The molecule has 0 aromatic heterocycles. The lowest BCUT2D eigenvalue weighted by Crippen LogP contribution is -2.28. The lowest BCUT2D eigenvalue weighted by molar-refractivity contribution is -0.120. The van der Waals surface area contributed by atoms with Crippen molar-refractivity contribution in [3.63, 3.8) is 0 Å². The number of carbonyl (C=O) groups is 1. The lowest BCUT2D eigenvalue weighted by atomic mass is 10.1. The molecule has 0 atom stereocenters. The quantitative estimate of drug-likeness (QED) is 0.816. The zero-order chi connectivity index (χ0) is 13.5. The number of amides is 1. The van der Waals surface area contributed by atoms with Crippen LogP contribution in [0, 0.1) is 0 Å². The summed E-state index contributed by atoms with van der Waals surface area (Å²) in [6, 6.07) is 5.25. The smallest absolute Gasteiger partial charge is 0.224 e. The zero-order valence-electron chi connectivity index (χ0n) is 10.7. The fraction of sp³-hybridized carbons (Fsp3) is 0.462. The van der Waals surface area contributed by atoms with Crippen LogP contribution in [0.2, 0.25) is 10.0 Å². The fourth-order valence-electron chi connectivity index (χ4n) is 1.52. The van der Waals surface area contributed by atoms with Gasteiger partial charge in [-0.3, -0.25) is 4.79 Å². The van der Waals surface area contributed by atoms with Gasteiger partial charge in [-0.15, -0.1) is 0 Å². The zero-order valence-corrected chi connectivity index (χ0v) is 12.2. The first-order chi connectivity index (χ1) is 8.49. The van der Waals surface area contributed by atoms with Gasteiger partial charge in [-0.05, 0) is 44.8 Å². The maximum absolute atomic E-state index is 11.7. The van der Waals surface area contributed by atoms with Gasteiger partial charge in [0.1, 0.15) is 0 Å². The molecular formula is C13H18Cl2N2O. The number of carbonyl (C=O) groups excluding carboxylic acids is 1. The Morgan fingerprint density at radius 1 is 1.28 bits per heavy atom. The van der Waals surface area contributed by atoms with Gasteiger partial charge in [0.2, 0.25) is 5.91 Å². The molecule has 1 amide bonds. The summed E-state index contributed by atoms with van der Waals surface area (Å²) < 4.78 is 0. The number of hydrogen-bond donors (Lipinski definition) is 1. The molecule has 100 valence electrons. The van der Waals surface area contributed by atoms with Crippen molar-refractivity contribution < 1.29 is 4.79 Å². The first kappa shape index (κ1) is 15.3. The Morgan fingerprint density at radius 3 is 2.61 bits per heavy atom. The third-order valence-electron chi connectivity index (χ3n) is 2.45. The lowest BCUT2D eigenvalue weighted by Gasteiger charge is -2.10. The van der Waals surface area contributed by atoms with Crippen molar-refractivity contribution >= 4 is 29.1 Å². The third-order valence-corrected chi connectivity index (χ3v) is 3.19. The van der Waals surface area contributed by atoms with E-state index < -0.39 is 0 Å². The Balaban J connectivity index is 2.33. The average molecular weight is 289 g/mol.